The van der Waals surface area contributed by atoms with Crippen LogP contribution in [0.5, 0.6) is 23.0 Å². The van der Waals surface area contributed by atoms with E-state index in [1.807, 2.05) is 74.5 Å². The molecule has 110 heavy (non-hydrogen) atoms. The number of ether oxygens (including phenoxy) is 13. The number of hydrogen-bond acceptors (Lipinski definition) is 25. The van der Waals surface area contributed by atoms with Gasteiger partial charge in [-0.15, -0.1) is 10.2 Å². The van der Waals surface area contributed by atoms with Gasteiger partial charge in [0.05, 0.1) is 129 Å². The molecule has 8 rings (SSSR count). The van der Waals surface area contributed by atoms with Crippen molar-refractivity contribution in [3.63, 3.8) is 0 Å². The molecule has 0 aliphatic heterocycles. The monoisotopic (exact) mass is 1570 g/mol. The molecule has 8 aromatic rings. The Labute approximate surface area is 645 Å². The van der Waals surface area contributed by atoms with E-state index in [2.05, 4.69) is 37.6 Å². The topological polar surface area (TPSA) is 348 Å². The minimum absolute atomic E-state index is 0.0572. The lowest BCUT2D eigenvalue weighted by molar-refractivity contribution is -0.144. The van der Waals surface area contributed by atoms with Crippen LogP contribution in [0.2, 0.25) is 0 Å². The molecule has 2 heterocycles. The van der Waals surface area contributed by atoms with E-state index in [-0.39, 0.29) is 66.9 Å². The third-order valence-corrected chi connectivity index (χ3v) is 20.0. The van der Waals surface area contributed by atoms with Crippen LogP contribution in [0.4, 0.5) is 4.79 Å². The number of esters is 2. The summed E-state index contributed by atoms with van der Waals surface area (Å²) < 4.78 is 128. The predicted molar refractivity (Wildman–Crippen MR) is 413 cm³/mol. The fourth-order valence-corrected chi connectivity index (χ4v) is 13.0. The summed E-state index contributed by atoms with van der Waals surface area (Å²) in [6.45, 7) is 22.1. The molecule has 30 nitrogen and oxygen atoms in total. The van der Waals surface area contributed by atoms with Gasteiger partial charge in [-0.2, -0.15) is 4.31 Å². The van der Waals surface area contributed by atoms with Crippen molar-refractivity contribution in [3.8, 4) is 23.0 Å². The van der Waals surface area contributed by atoms with Crippen LogP contribution in [-0.4, -0.2) is 220 Å². The van der Waals surface area contributed by atoms with Gasteiger partial charge in [-0.25, -0.2) is 35.7 Å². The lowest BCUT2D eigenvalue weighted by atomic mass is 9.86. The Hall–Kier alpha value is -8.93. The van der Waals surface area contributed by atoms with Crippen LogP contribution >= 0.6 is 0 Å². The number of hydrogen-bond donors (Lipinski definition) is 3. The Morgan fingerprint density at radius 3 is 1.35 bits per heavy atom. The smallest absolute Gasteiger partial charge is 0.407 e. The minimum atomic E-state index is -3.87. The number of rotatable bonds is 44. The zero-order valence-electron chi connectivity index (χ0n) is 65.7. The number of amides is 1. The maximum absolute atomic E-state index is 13.7. The molecule has 0 saturated carbocycles. The van der Waals surface area contributed by atoms with Gasteiger partial charge in [0.1, 0.15) is 63.9 Å². The number of aliphatic hydroxyl groups excluding tert-OH is 1. The first-order chi connectivity index (χ1) is 52.7. The van der Waals surface area contributed by atoms with Crippen LogP contribution in [0.3, 0.4) is 0 Å². The summed E-state index contributed by atoms with van der Waals surface area (Å²) >= 11 is 0. The SMILES string of the molecule is CCCOCCOCCOCCOc1ccc(S(=O)(=O)NC)cc1.CCOC(=O)CC(c1ccc(C)c(CN(C)S(=O)(=O)c2ccc(OCCOCCOCCOCCNC(=O)OC(C)(C)C)cc2)c1)c1cc(OC)c2c(c1)nnn2C.CCOC(=O)CC(c1ccc(C)c(CO)c1)c1cc(OC)c2c(c1)nnn2C. The van der Waals surface area contributed by atoms with Crippen LogP contribution in [0, 0.1) is 13.8 Å². The summed E-state index contributed by atoms with van der Waals surface area (Å²) in [5, 5.41) is 29.0. The van der Waals surface area contributed by atoms with E-state index in [0.717, 1.165) is 68.6 Å². The van der Waals surface area contributed by atoms with E-state index >= 15 is 0 Å². The summed E-state index contributed by atoms with van der Waals surface area (Å²) in [5.41, 5.74) is 9.22. The molecule has 3 N–H and O–H groups in total. The van der Waals surface area contributed by atoms with Crippen molar-refractivity contribution in [1.82, 2.24) is 44.3 Å². The van der Waals surface area contributed by atoms with Gasteiger partial charge in [-0.3, -0.25) is 9.59 Å². The Morgan fingerprint density at radius 2 is 0.945 bits per heavy atom. The standard InChI is InChI=1S/C41H57N5O11S.C21H25N3O4.C16H27NO6S/c1-9-55-38(47)27-35(31-25-36-39(37(26-31)51-8)46(7)44-43-36)30-11-10-29(2)32(24-30)28-45(6)58(49,50)34-14-12-33(13-15-34)56-23-22-54-21-20-53-19-18-52-17-16-42-40(48)57-41(3,4)5;1-5-28-20(26)11-17(14-7-6-13(2)16(8-14)12-25)15-9-18-21(19(10-15)27-4)24(3)23-22-18;1-3-8-20-9-10-21-11-12-22-13-14-23-15-4-6-16(7-5-15)24(18,19)17-2/h10-15,24-26,35H,9,16-23,27-28H2,1-8H3,(H,42,48);6-10,17,25H,5,11-12H2,1-4H3;4-7,17H,3,8-14H2,1-2H3. The van der Waals surface area contributed by atoms with E-state index in [4.69, 9.17) is 61.6 Å². The largest absolute Gasteiger partial charge is 0.494 e. The highest BCUT2D eigenvalue weighted by molar-refractivity contribution is 7.89. The zero-order chi connectivity index (χ0) is 80.2. The Bertz CT molecular complexity index is 4380. The number of sulfonamides is 2. The van der Waals surface area contributed by atoms with Gasteiger partial charge < -0.3 is 72.0 Å². The van der Waals surface area contributed by atoms with Crippen molar-refractivity contribution in [2.75, 3.05) is 141 Å². The second kappa shape index (κ2) is 46.0. The number of carbonyl (C=O) groups excluding carboxylic acids is 3. The first-order valence-electron chi connectivity index (χ1n) is 36.3. The van der Waals surface area contributed by atoms with Crippen molar-refractivity contribution < 1.29 is 97.9 Å². The van der Waals surface area contributed by atoms with Gasteiger partial charge in [-0.05, 0) is 179 Å². The quantitative estimate of drug-likeness (QED) is 0.0182. The molecule has 1 amide bonds. The van der Waals surface area contributed by atoms with E-state index in [0.29, 0.717) is 126 Å². The average molecular weight is 1570 g/mol. The normalized spacial score (nSPS) is 12.2. The molecule has 6 aromatic carbocycles. The van der Waals surface area contributed by atoms with Gasteiger partial charge >= 0.3 is 18.0 Å². The van der Waals surface area contributed by atoms with Crippen molar-refractivity contribution >= 4 is 60.1 Å². The molecule has 0 aliphatic rings. The maximum atomic E-state index is 13.7. The van der Waals surface area contributed by atoms with E-state index in [9.17, 15) is 36.3 Å². The van der Waals surface area contributed by atoms with Crippen LogP contribution in [-0.2, 0) is 99.5 Å². The Morgan fingerprint density at radius 1 is 0.536 bits per heavy atom. The van der Waals surface area contributed by atoms with Crippen molar-refractivity contribution in [1.29, 1.82) is 0 Å². The van der Waals surface area contributed by atoms with Crippen LogP contribution in [0.1, 0.15) is 117 Å². The van der Waals surface area contributed by atoms with Crippen LogP contribution < -0.4 is 29.0 Å². The highest BCUT2D eigenvalue weighted by atomic mass is 32.2. The zero-order valence-corrected chi connectivity index (χ0v) is 67.3. The van der Waals surface area contributed by atoms with Crippen molar-refractivity contribution in [3.05, 3.63) is 154 Å². The third kappa shape index (κ3) is 28.7. The highest BCUT2D eigenvalue weighted by Gasteiger charge is 2.28. The molecule has 0 radical (unpaired) electrons. The number of aliphatic hydroxyl groups is 1. The summed E-state index contributed by atoms with van der Waals surface area (Å²) in [4.78, 5) is 37.1. The molecule has 2 aromatic heterocycles. The molecule has 0 bridgehead atoms. The highest BCUT2D eigenvalue weighted by Crippen LogP contribution is 2.38. The summed E-state index contributed by atoms with van der Waals surface area (Å²) in [6.07, 6.45) is 0.766. The van der Waals surface area contributed by atoms with E-state index in [1.165, 1.54) is 42.7 Å². The minimum Gasteiger partial charge on any atom is -0.494 e. The second-order valence-electron chi connectivity index (χ2n) is 26.0. The van der Waals surface area contributed by atoms with Crippen molar-refractivity contribution in [2.45, 2.75) is 115 Å². The maximum Gasteiger partial charge on any atom is 0.407 e. The van der Waals surface area contributed by atoms with Gasteiger partial charge in [0, 0.05) is 52.7 Å². The first kappa shape index (κ1) is 90.0. The summed E-state index contributed by atoms with van der Waals surface area (Å²) in [5.74, 6) is 0.989. The van der Waals surface area contributed by atoms with Gasteiger partial charge in [-0.1, -0.05) is 53.7 Å². The summed E-state index contributed by atoms with van der Waals surface area (Å²) in [7, 11) is 2.39. The number of nitrogens with zero attached hydrogens (tertiary/aromatic N) is 7. The molecule has 2 atom stereocenters. The van der Waals surface area contributed by atoms with E-state index in [1.54, 1.807) is 96.6 Å². The number of methoxy groups -OCH3 is 2. The van der Waals surface area contributed by atoms with Gasteiger partial charge in [0.25, 0.3) is 0 Å². The number of nitrogens with one attached hydrogen (secondary N) is 2. The number of fused-ring (bicyclic) bond motifs is 2. The third-order valence-electron chi connectivity index (χ3n) is 16.8. The fraction of sp³-hybridized carbons (Fsp3) is 0.500. The molecule has 0 saturated heterocycles. The van der Waals surface area contributed by atoms with Crippen LogP contribution in [0.15, 0.2) is 119 Å². The number of aromatic nitrogens is 6. The molecule has 0 spiro atoms. The molecule has 0 fully saturated rings. The van der Waals surface area contributed by atoms with Gasteiger partial charge in [0.2, 0.25) is 20.0 Å². The number of alkyl carbamates (subject to hydrolysis) is 1. The average Bonchev–Trinajstić information content (AvgIpc) is 1.59. The molecule has 2 unspecified atom stereocenters. The first-order valence-corrected chi connectivity index (χ1v) is 39.3. The van der Waals surface area contributed by atoms with E-state index < -0.39 is 37.7 Å². The second-order valence-corrected chi connectivity index (χ2v) is 29.9. The predicted octanol–water partition coefficient (Wildman–Crippen LogP) is 9.44. The molecule has 32 heteroatoms. The Balaban J connectivity index is 0.000000299. The number of benzene rings is 6. The molecular weight excluding hydrogens is 1460 g/mol. The fourth-order valence-electron chi connectivity index (χ4n) is 11.1. The molecule has 604 valence electrons. The van der Waals surface area contributed by atoms with Gasteiger partial charge in [0.15, 0.2) is 0 Å². The number of aryl methyl sites for hydroxylation is 4. The lowest BCUT2D eigenvalue weighted by Crippen LogP contribution is -2.34. The molecule has 0 aliphatic carbocycles. The number of carbonyl (C=O) groups is 3. The summed E-state index contributed by atoms with van der Waals surface area (Å²) in [6, 6.07) is 31.8. The molecular formula is C78H109N9O21S2. The van der Waals surface area contributed by atoms with Crippen molar-refractivity contribution in [2.24, 2.45) is 14.1 Å². The Kier molecular flexibility index (Phi) is 37.6. The van der Waals surface area contributed by atoms with Crippen LogP contribution in [0.25, 0.3) is 22.1 Å². The lowest BCUT2D eigenvalue weighted by Gasteiger charge is -2.22.